The smallest absolute Gasteiger partial charge is 0.373 e. The topological polar surface area (TPSA) is 58.9 Å². The molecular formula is C10H7NO3. The molecule has 1 heterocycles. The van der Waals surface area contributed by atoms with Gasteiger partial charge in [0, 0.05) is 11.8 Å². The van der Waals surface area contributed by atoms with Gasteiger partial charge in [0.2, 0.25) is 5.76 Å². The molecule has 0 radical (unpaired) electrons. The van der Waals surface area contributed by atoms with E-state index in [4.69, 9.17) is 9.84 Å². The van der Waals surface area contributed by atoms with E-state index in [0.29, 0.717) is 5.75 Å². The van der Waals surface area contributed by atoms with Crippen LogP contribution in [0, 0.1) is 0 Å². The molecule has 1 aliphatic heterocycles. The summed E-state index contributed by atoms with van der Waals surface area (Å²) in [6.07, 6.45) is 2.74. The molecule has 0 bridgehead atoms. The van der Waals surface area contributed by atoms with Gasteiger partial charge in [-0.15, -0.1) is 0 Å². The van der Waals surface area contributed by atoms with Crippen molar-refractivity contribution in [3.05, 3.63) is 41.8 Å². The van der Waals surface area contributed by atoms with Gasteiger partial charge in [-0.05, 0) is 12.1 Å². The summed E-state index contributed by atoms with van der Waals surface area (Å²) in [5.74, 6) is -0.799. The molecule has 1 aromatic carbocycles. The fourth-order valence-corrected chi connectivity index (χ4v) is 1.11. The van der Waals surface area contributed by atoms with Gasteiger partial charge in [-0.3, -0.25) is 4.99 Å². The Labute approximate surface area is 80.2 Å². The van der Waals surface area contributed by atoms with Crippen molar-refractivity contribution in [1.82, 2.24) is 0 Å². The summed E-state index contributed by atoms with van der Waals surface area (Å²) < 4.78 is 5.15. The molecule has 1 aliphatic rings. The highest BCUT2D eigenvalue weighted by atomic mass is 16.5. The highest BCUT2D eigenvalue weighted by Crippen LogP contribution is 2.20. The van der Waals surface area contributed by atoms with Gasteiger partial charge < -0.3 is 9.84 Å². The third-order valence-electron chi connectivity index (χ3n) is 1.76. The second-order valence-corrected chi connectivity index (χ2v) is 2.72. The molecule has 0 unspecified atom stereocenters. The second-order valence-electron chi connectivity index (χ2n) is 2.72. The van der Waals surface area contributed by atoms with E-state index in [-0.39, 0.29) is 5.76 Å². The van der Waals surface area contributed by atoms with Gasteiger partial charge in [-0.1, -0.05) is 12.1 Å². The number of carboxylic acid groups (broad SMARTS) is 1. The van der Waals surface area contributed by atoms with E-state index in [2.05, 4.69) is 4.99 Å². The van der Waals surface area contributed by atoms with Crippen molar-refractivity contribution >= 4 is 12.2 Å². The second kappa shape index (κ2) is 3.33. The highest BCUT2D eigenvalue weighted by molar-refractivity contribution is 5.89. The monoisotopic (exact) mass is 189 g/mol. The zero-order valence-electron chi connectivity index (χ0n) is 7.18. The number of para-hydroxylation sites is 1. The maximum Gasteiger partial charge on any atom is 0.373 e. The summed E-state index contributed by atoms with van der Waals surface area (Å²) in [5.41, 5.74) is 0.764. The minimum absolute atomic E-state index is 0.175. The first-order chi connectivity index (χ1) is 6.77. The summed E-state index contributed by atoms with van der Waals surface area (Å²) in [5, 5.41) is 8.72. The molecule has 14 heavy (non-hydrogen) atoms. The number of hydrogen-bond donors (Lipinski definition) is 1. The zero-order valence-corrected chi connectivity index (χ0v) is 7.18. The lowest BCUT2D eigenvalue weighted by molar-refractivity contribution is -0.135. The lowest BCUT2D eigenvalue weighted by Crippen LogP contribution is -2.07. The number of aliphatic carboxylic acids is 1. The van der Waals surface area contributed by atoms with Gasteiger partial charge in [-0.2, -0.15) is 0 Å². The zero-order chi connectivity index (χ0) is 9.97. The van der Waals surface area contributed by atoms with Crippen molar-refractivity contribution in [3.63, 3.8) is 0 Å². The molecule has 4 nitrogen and oxygen atoms in total. The SMILES string of the molecule is O=C(O)C1=CN=Cc2ccccc2O1. The Morgan fingerprint density at radius 3 is 2.93 bits per heavy atom. The number of fused-ring (bicyclic) bond motifs is 1. The van der Waals surface area contributed by atoms with Crippen molar-refractivity contribution < 1.29 is 14.6 Å². The molecule has 4 heteroatoms. The summed E-state index contributed by atoms with van der Waals surface area (Å²) in [6.45, 7) is 0. The summed E-state index contributed by atoms with van der Waals surface area (Å²) in [7, 11) is 0. The Morgan fingerprint density at radius 2 is 2.14 bits per heavy atom. The van der Waals surface area contributed by atoms with Crippen LogP contribution in [0.25, 0.3) is 0 Å². The normalized spacial score (nSPS) is 13.6. The third-order valence-corrected chi connectivity index (χ3v) is 1.76. The van der Waals surface area contributed by atoms with Crippen LogP contribution in [-0.2, 0) is 4.79 Å². The van der Waals surface area contributed by atoms with Crippen molar-refractivity contribution in [2.45, 2.75) is 0 Å². The number of hydrogen-bond acceptors (Lipinski definition) is 3. The lowest BCUT2D eigenvalue weighted by Gasteiger charge is -2.05. The van der Waals surface area contributed by atoms with Gasteiger partial charge >= 0.3 is 5.97 Å². The molecule has 0 fully saturated rings. The van der Waals surface area contributed by atoms with Crippen LogP contribution in [0.4, 0.5) is 0 Å². The van der Waals surface area contributed by atoms with E-state index in [1.54, 1.807) is 24.4 Å². The minimum Gasteiger partial charge on any atom is -0.475 e. The Bertz CT molecular complexity index is 435. The Balaban J connectivity index is 2.42. The number of carbonyl (C=O) groups is 1. The van der Waals surface area contributed by atoms with E-state index in [1.165, 1.54) is 6.20 Å². The minimum atomic E-state index is -1.13. The molecule has 1 N–H and O–H groups in total. The van der Waals surface area contributed by atoms with Crippen LogP contribution in [0.15, 0.2) is 41.2 Å². The van der Waals surface area contributed by atoms with Crippen molar-refractivity contribution in [2.24, 2.45) is 4.99 Å². The first kappa shape index (κ1) is 8.50. The van der Waals surface area contributed by atoms with Crippen molar-refractivity contribution in [2.75, 3.05) is 0 Å². The van der Waals surface area contributed by atoms with E-state index in [9.17, 15) is 4.79 Å². The summed E-state index contributed by atoms with van der Waals surface area (Å²) in [6, 6.07) is 7.11. The van der Waals surface area contributed by atoms with Gasteiger partial charge in [0.25, 0.3) is 0 Å². The number of aliphatic imine (C=N–C) groups is 1. The van der Waals surface area contributed by atoms with Crippen LogP contribution < -0.4 is 4.74 Å². The molecule has 0 amide bonds. The number of nitrogens with zero attached hydrogens (tertiary/aromatic N) is 1. The average molecular weight is 189 g/mol. The molecule has 1 aromatic rings. The molecule has 0 atom stereocenters. The largest absolute Gasteiger partial charge is 0.475 e. The number of carboxylic acids is 1. The fraction of sp³-hybridized carbons (Fsp3) is 0. The van der Waals surface area contributed by atoms with Gasteiger partial charge in [0.05, 0.1) is 6.20 Å². The van der Waals surface area contributed by atoms with E-state index in [0.717, 1.165) is 5.56 Å². The Hall–Kier alpha value is -2.10. The van der Waals surface area contributed by atoms with Crippen LogP contribution in [-0.4, -0.2) is 17.3 Å². The van der Waals surface area contributed by atoms with Gasteiger partial charge in [-0.25, -0.2) is 4.79 Å². The molecule has 0 spiro atoms. The van der Waals surface area contributed by atoms with E-state index >= 15 is 0 Å². The van der Waals surface area contributed by atoms with Crippen molar-refractivity contribution in [3.8, 4) is 5.75 Å². The molecule has 0 aromatic heterocycles. The molecule has 0 aliphatic carbocycles. The highest BCUT2D eigenvalue weighted by Gasteiger charge is 2.13. The number of rotatable bonds is 1. The van der Waals surface area contributed by atoms with Gasteiger partial charge in [0.15, 0.2) is 0 Å². The fourth-order valence-electron chi connectivity index (χ4n) is 1.11. The van der Waals surface area contributed by atoms with Crippen molar-refractivity contribution in [1.29, 1.82) is 0 Å². The third kappa shape index (κ3) is 1.50. The predicted octanol–water partition coefficient (Wildman–Crippen LogP) is 1.42. The molecule has 0 saturated heterocycles. The molecule has 0 saturated carbocycles. The summed E-state index contributed by atoms with van der Waals surface area (Å²) in [4.78, 5) is 14.5. The van der Waals surface area contributed by atoms with Crippen LogP contribution in [0.5, 0.6) is 5.75 Å². The van der Waals surface area contributed by atoms with Crippen LogP contribution >= 0.6 is 0 Å². The van der Waals surface area contributed by atoms with E-state index in [1.807, 2.05) is 6.07 Å². The number of ether oxygens (including phenoxy) is 1. The van der Waals surface area contributed by atoms with Crippen LogP contribution in [0.2, 0.25) is 0 Å². The first-order valence-electron chi connectivity index (χ1n) is 4.01. The first-order valence-corrected chi connectivity index (χ1v) is 4.01. The standard InChI is InChI=1S/C10H7NO3/c12-10(13)9-6-11-5-7-3-1-2-4-8(7)14-9/h1-6H,(H,12,13). The quantitative estimate of drug-likeness (QED) is 0.726. The average Bonchev–Trinajstić information content (AvgIpc) is 2.39. The van der Waals surface area contributed by atoms with Crippen LogP contribution in [0.1, 0.15) is 5.56 Å². The van der Waals surface area contributed by atoms with E-state index < -0.39 is 5.97 Å². The molecule has 2 rings (SSSR count). The Morgan fingerprint density at radius 1 is 1.36 bits per heavy atom. The Kier molecular flexibility index (Phi) is 2.02. The maximum atomic E-state index is 10.6. The van der Waals surface area contributed by atoms with Gasteiger partial charge in [0.1, 0.15) is 5.75 Å². The predicted molar refractivity (Wildman–Crippen MR) is 50.4 cm³/mol. The van der Waals surface area contributed by atoms with Crippen LogP contribution in [0.3, 0.4) is 0 Å². The maximum absolute atomic E-state index is 10.6. The summed E-state index contributed by atoms with van der Waals surface area (Å²) >= 11 is 0. The number of benzene rings is 1. The lowest BCUT2D eigenvalue weighted by atomic mass is 10.2. The molecular weight excluding hydrogens is 182 g/mol. The molecule has 70 valence electrons.